The Morgan fingerprint density at radius 3 is 2.65 bits per heavy atom. The molecule has 1 saturated heterocycles. The van der Waals surface area contributed by atoms with Gasteiger partial charge in [-0.2, -0.15) is 0 Å². The topological polar surface area (TPSA) is 35.5 Å². The van der Waals surface area contributed by atoms with E-state index in [0.717, 1.165) is 25.4 Å². The van der Waals surface area contributed by atoms with Crippen LogP contribution < -0.4 is 5.32 Å². The smallest absolute Gasteiger partial charge is 0.0613 e. The molecule has 2 N–H and O–H groups in total. The molecule has 1 fully saturated rings. The van der Waals surface area contributed by atoms with Crippen molar-refractivity contribution in [3.05, 3.63) is 0 Å². The van der Waals surface area contributed by atoms with Crippen LogP contribution in [0.2, 0.25) is 0 Å². The fourth-order valence-corrected chi connectivity index (χ4v) is 2.96. The lowest BCUT2D eigenvalue weighted by Crippen LogP contribution is -2.48. The van der Waals surface area contributed by atoms with E-state index in [0.29, 0.717) is 0 Å². The standard InChI is InChI=1S/C14H30N2O/c1-4-14(12-17,15-5-2)9-7-11-16-10-6-8-13(16)3/h13,15,17H,4-12H2,1-3H3. The van der Waals surface area contributed by atoms with E-state index in [1.54, 1.807) is 0 Å². The van der Waals surface area contributed by atoms with Crippen molar-refractivity contribution < 1.29 is 5.11 Å². The zero-order chi connectivity index (χ0) is 12.7. The largest absolute Gasteiger partial charge is 0.394 e. The van der Waals surface area contributed by atoms with E-state index in [9.17, 15) is 5.11 Å². The first-order valence-corrected chi connectivity index (χ1v) is 7.27. The molecule has 1 aliphatic rings. The van der Waals surface area contributed by atoms with Crippen LogP contribution in [0.4, 0.5) is 0 Å². The van der Waals surface area contributed by atoms with Crippen LogP contribution in [-0.4, -0.2) is 47.8 Å². The van der Waals surface area contributed by atoms with E-state index in [-0.39, 0.29) is 12.1 Å². The van der Waals surface area contributed by atoms with Crippen molar-refractivity contribution in [2.24, 2.45) is 0 Å². The predicted molar refractivity (Wildman–Crippen MR) is 73.3 cm³/mol. The molecule has 0 aromatic heterocycles. The highest BCUT2D eigenvalue weighted by Gasteiger charge is 2.26. The summed E-state index contributed by atoms with van der Waals surface area (Å²) in [5.74, 6) is 0. The quantitative estimate of drug-likeness (QED) is 0.683. The Hall–Kier alpha value is -0.120. The molecule has 2 atom stereocenters. The number of likely N-dealkylation sites (N-methyl/N-ethyl adjacent to an activating group) is 1. The maximum Gasteiger partial charge on any atom is 0.0613 e. The van der Waals surface area contributed by atoms with Crippen molar-refractivity contribution in [3.8, 4) is 0 Å². The van der Waals surface area contributed by atoms with Gasteiger partial charge < -0.3 is 15.3 Å². The molecule has 1 heterocycles. The highest BCUT2D eigenvalue weighted by Crippen LogP contribution is 2.20. The summed E-state index contributed by atoms with van der Waals surface area (Å²) in [6, 6.07) is 0.763. The van der Waals surface area contributed by atoms with Crippen molar-refractivity contribution in [1.82, 2.24) is 10.2 Å². The number of rotatable bonds is 8. The molecule has 0 aliphatic carbocycles. The molecule has 0 bridgehead atoms. The van der Waals surface area contributed by atoms with Gasteiger partial charge >= 0.3 is 0 Å². The van der Waals surface area contributed by atoms with Gasteiger partial charge in [0, 0.05) is 11.6 Å². The maximum absolute atomic E-state index is 9.58. The Kier molecular flexibility index (Phi) is 6.45. The highest BCUT2D eigenvalue weighted by atomic mass is 16.3. The Morgan fingerprint density at radius 1 is 1.41 bits per heavy atom. The van der Waals surface area contributed by atoms with E-state index in [1.165, 1.54) is 32.4 Å². The van der Waals surface area contributed by atoms with E-state index in [4.69, 9.17) is 0 Å². The van der Waals surface area contributed by atoms with Crippen LogP contribution in [0.5, 0.6) is 0 Å². The van der Waals surface area contributed by atoms with Crippen LogP contribution in [0, 0.1) is 0 Å². The molecular formula is C14H30N2O. The summed E-state index contributed by atoms with van der Waals surface area (Å²) >= 11 is 0. The Morgan fingerprint density at radius 2 is 2.18 bits per heavy atom. The molecule has 0 amide bonds. The van der Waals surface area contributed by atoms with E-state index in [2.05, 4.69) is 31.0 Å². The lowest BCUT2D eigenvalue weighted by atomic mass is 9.91. The SMILES string of the molecule is CCNC(CC)(CO)CCCN1CCCC1C. The summed E-state index contributed by atoms with van der Waals surface area (Å²) in [7, 11) is 0. The van der Waals surface area contributed by atoms with Crippen LogP contribution in [0.15, 0.2) is 0 Å². The van der Waals surface area contributed by atoms with Gasteiger partial charge in [-0.3, -0.25) is 0 Å². The van der Waals surface area contributed by atoms with Crippen molar-refractivity contribution >= 4 is 0 Å². The summed E-state index contributed by atoms with van der Waals surface area (Å²) in [4.78, 5) is 2.59. The van der Waals surface area contributed by atoms with Gasteiger partial charge in [0.05, 0.1) is 6.61 Å². The second kappa shape index (κ2) is 7.34. The van der Waals surface area contributed by atoms with Crippen LogP contribution >= 0.6 is 0 Å². The van der Waals surface area contributed by atoms with E-state index >= 15 is 0 Å². The van der Waals surface area contributed by atoms with Gasteiger partial charge in [0.1, 0.15) is 0 Å². The summed E-state index contributed by atoms with van der Waals surface area (Å²) in [5.41, 5.74) is -0.0439. The van der Waals surface area contributed by atoms with Gasteiger partial charge in [0.2, 0.25) is 0 Å². The molecule has 0 aromatic carbocycles. The van der Waals surface area contributed by atoms with Gasteiger partial charge in [-0.05, 0) is 58.7 Å². The zero-order valence-electron chi connectivity index (χ0n) is 11.8. The van der Waals surface area contributed by atoms with Crippen molar-refractivity contribution in [3.63, 3.8) is 0 Å². The average Bonchev–Trinajstić information content (AvgIpc) is 2.74. The zero-order valence-corrected chi connectivity index (χ0v) is 11.8. The Balaban J connectivity index is 2.31. The number of aliphatic hydroxyl groups is 1. The average molecular weight is 242 g/mol. The van der Waals surface area contributed by atoms with Gasteiger partial charge in [0.25, 0.3) is 0 Å². The Bertz CT molecular complexity index is 204. The molecule has 0 radical (unpaired) electrons. The molecule has 0 spiro atoms. The molecule has 17 heavy (non-hydrogen) atoms. The highest BCUT2D eigenvalue weighted by molar-refractivity contribution is 4.86. The first-order valence-electron chi connectivity index (χ1n) is 7.27. The van der Waals surface area contributed by atoms with Gasteiger partial charge in [0.15, 0.2) is 0 Å². The fraction of sp³-hybridized carbons (Fsp3) is 1.00. The van der Waals surface area contributed by atoms with E-state index < -0.39 is 0 Å². The minimum atomic E-state index is -0.0439. The van der Waals surface area contributed by atoms with Gasteiger partial charge in [-0.25, -0.2) is 0 Å². The fourth-order valence-electron chi connectivity index (χ4n) is 2.96. The lowest BCUT2D eigenvalue weighted by molar-refractivity contribution is 0.139. The number of hydrogen-bond donors (Lipinski definition) is 2. The van der Waals surface area contributed by atoms with Crippen LogP contribution in [-0.2, 0) is 0 Å². The van der Waals surface area contributed by atoms with Gasteiger partial charge in [-0.15, -0.1) is 0 Å². The molecule has 102 valence electrons. The predicted octanol–water partition coefficient (Wildman–Crippen LogP) is 2.00. The number of nitrogens with one attached hydrogen (secondary N) is 1. The summed E-state index contributed by atoms with van der Waals surface area (Å²) in [5, 5.41) is 13.0. The maximum atomic E-state index is 9.58. The first kappa shape index (κ1) is 14.9. The first-order chi connectivity index (χ1) is 8.17. The van der Waals surface area contributed by atoms with Crippen LogP contribution in [0.25, 0.3) is 0 Å². The minimum Gasteiger partial charge on any atom is -0.394 e. The minimum absolute atomic E-state index is 0.0439. The molecule has 1 aliphatic heterocycles. The summed E-state index contributed by atoms with van der Waals surface area (Å²) in [6.45, 7) is 10.3. The molecule has 3 heteroatoms. The number of aliphatic hydroxyl groups excluding tert-OH is 1. The summed E-state index contributed by atoms with van der Waals surface area (Å²) in [6.07, 6.45) is 5.98. The monoisotopic (exact) mass is 242 g/mol. The summed E-state index contributed by atoms with van der Waals surface area (Å²) < 4.78 is 0. The molecule has 3 nitrogen and oxygen atoms in total. The third-order valence-corrected chi connectivity index (χ3v) is 4.32. The molecule has 2 unspecified atom stereocenters. The second-order valence-corrected chi connectivity index (χ2v) is 5.45. The number of likely N-dealkylation sites (tertiary alicyclic amines) is 1. The van der Waals surface area contributed by atoms with Crippen molar-refractivity contribution in [2.45, 2.75) is 64.5 Å². The van der Waals surface area contributed by atoms with E-state index in [1.807, 2.05) is 0 Å². The Labute approximate surface area is 107 Å². The molecule has 0 saturated carbocycles. The lowest BCUT2D eigenvalue weighted by Gasteiger charge is -2.33. The van der Waals surface area contributed by atoms with Crippen molar-refractivity contribution in [2.75, 3.05) is 26.2 Å². The van der Waals surface area contributed by atoms with Crippen LogP contribution in [0.1, 0.15) is 52.9 Å². The third-order valence-electron chi connectivity index (χ3n) is 4.32. The normalized spacial score (nSPS) is 25.1. The van der Waals surface area contributed by atoms with Gasteiger partial charge in [-0.1, -0.05) is 13.8 Å². The number of hydrogen-bond acceptors (Lipinski definition) is 3. The third kappa shape index (κ3) is 4.23. The molecular weight excluding hydrogens is 212 g/mol. The molecule has 1 rings (SSSR count). The second-order valence-electron chi connectivity index (χ2n) is 5.45. The van der Waals surface area contributed by atoms with Crippen molar-refractivity contribution in [1.29, 1.82) is 0 Å². The number of nitrogens with zero attached hydrogens (tertiary/aromatic N) is 1. The van der Waals surface area contributed by atoms with Crippen LogP contribution in [0.3, 0.4) is 0 Å². The molecule has 0 aromatic rings.